The van der Waals surface area contributed by atoms with Crippen LogP contribution < -0.4 is 5.69 Å². The first kappa shape index (κ1) is 15.0. The molecule has 22 heavy (non-hydrogen) atoms. The maximum Gasteiger partial charge on any atom is 0.345 e. The monoisotopic (exact) mass is 301 g/mol. The van der Waals surface area contributed by atoms with Crippen molar-refractivity contribution >= 4 is 0 Å². The van der Waals surface area contributed by atoms with Gasteiger partial charge in [0.25, 0.3) is 0 Å². The smallest absolute Gasteiger partial charge is 0.345 e. The molecule has 1 aliphatic heterocycles. The van der Waals surface area contributed by atoms with Crippen LogP contribution in [0.4, 0.5) is 0 Å². The molecule has 0 saturated carbocycles. The molecular weight excluding hydrogens is 278 g/mol. The van der Waals surface area contributed by atoms with E-state index < -0.39 is 0 Å². The van der Waals surface area contributed by atoms with Crippen molar-refractivity contribution in [1.82, 2.24) is 14.3 Å². The Morgan fingerprint density at radius 3 is 2.73 bits per heavy atom. The number of aryl methyl sites for hydroxylation is 1. The third-order valence-electron chi connectivity index (χ3n) is 4.28. The molecular formula is C17H23N3O2. The molecule has 1 aromatic carbocycles. The van der Waals surface area contributed by atoms with Crippen LogP contribution in [0.5, 0.6) is 0 Å². The zero-order valence-electron chi connectivity index (χ0n) is 13.2. The van der Waals surface area contributed by atoms with Gasteiger partial charge in [-0.15, -0.1) is 0 Å². The topological polar surface area (TPSA) is 49.0 Å². The van der Waals surface area contributed by atoms with E-state index in [4.69, 9.17) is 4.74 Å². The second-order valence-corrected chi connectivity index (χ2v) is 5.71. The molecule has 2 aromatic rings. The summed E-state index contributed by atoms with van der Waals surface area (Å²) < 4.78 is 9.28. The Kier molecular flexibility index (Phi) is 4.43. The Labute approximate surface area is 130 Å². The molecule has 5 nitrogen and oxygen atoms in total. The van der Waals surface area contributed by atoms with Crippen molar-refractivity contribution in [3.63, 3.8) is 0 Å². The van der Waals surface area contributed by atoms with E-state index >= 15 is 0 Å². The van der Waals surface area contributed by atoms with E-state index in [2.05, 4.69) is 24.2 Å². The van der Waals surface area contributed by atoms with Gasteiger partial charge < -0.3 is 4.74 Å². The number of benzene rings is 1. The van der Waals surface area contributed by atoms with Gasteiger partial charge in [0.05, 0.1) is 0 Å². The number of hydrogen-bond donors (Lipinski definition) is 0. The number of nitrogens with zero attached hydrogens (tertiary/aromatic N) is 3. The molecule has 0 radical (unpaired) electrons. The Balaban J connectivity index is 1.99. The van der Waals surface area contributed by atoms with Crippen molar-refractivity contribution in [2.75, 3.05) is 6.61 Å². The third-order valence-corrected chi connectivity index (χ3v) is 4.28. The SMILES string of the molecule is CCCn1nc([C@H]2OCC[C@H]2c2ccccc2)n(CC)c1=O. The summed E-state index contributed by atoms with van der Waals surface area (Å²) in [5, 5.41) is 4.57. The highest BCUT2D eigenvalue weighted by atomic mass is 16.5. The van der Waals surface area contributed by atoms with Crippen LogP contribution in [0.25, 0.3) is 0 Å². The van der Waals surface area contributed by atoms with E-state index in [0.717, 1.165) is 18.7 Å². The van der Waals surface area contributed by atoms with Crippen molar-refractivity contribution in [3.8, 4) is 0 Å². The summed E-state index contributed by atoms with van der Waals surface area (Å²) in [6, 6.07) is 10.4. The zero-order valence-corrected chi connectivity index (χ0v) is 13.2. The van der Waals surface area contributed by atoms with E-state index in [-0.39, 0.29) is 17.7 Å². The molecule has 0 unspecified atom stereocenters. The van der Waals surface area contributed by atoms with Crippen molar-refractivity contribution in [2.45, 2.75) is 51.8 Å². The van der Waals surface area contributed by atoms with Crippen LogP contribution in [0, 0.1) is 0 Å². The molecule has 0 spiro atoms. The minimum Gasteiger partial charge on any atom is -0.370 e. The largest absolute Gasteiger partial charge is 0.370 e. The Morgan fingerprint density at radius 2 is 2.05 bits per heavy atom. The number of ether oxygens (including phenoxy) is 1. The summed E-state index contributed by atoms with van der Waals surface area (Å²) in [6.07, 6.45) is 1.73. The normalized spacial score (nSPS) is 21.4. The molecule has 1 saturated heterocycles. The molecule has 5 heteroatoms. The molecule has 3 rings (SSSR count). The summed E-state index contributed by atoms with van der Waals surface area (Å²) in [5.41, 5.74) is 1.23. The van der Waals surface area contributed by atoms with Crippen LogP contribution in [0.3, 0.4) is 0 Å². The van der Waals surface area contributed by atoms with Crippen LogP contribution in [-0.4, -0.2) is 21.0 Å². The van der Waals surface area contributed by atoms with Gasteiger partial charge in [0.15, 0.2) is 5.82 Å². The fraction of sp³-hybridized carbons (Fsp3) is 0.529. The van der Waals surface area contributed by atoms with E-state index in [9.17, 15) is 4.79 Å². The zero-order chi connectivity index (χ0) is 15.5. The summed E-state index contributed by atoms with van der Waals surface area (Å²) in [7, 11) is 0. The van der Waals surface area contributed by atoms with Crippen molar-refractivity contribution in [2.24, 2.45) is 0 Å². The van der Waals surface area contributed by atoms with Gasteiger partial charge in [-0.25, -0.2) is 9.48 Å². The first-order valence-corrected chi connectivity index (χ1v) is 8.10. The van der Waals surface area contributed by atoms with Crippen LogP contribution in [0.15, 0.2) is 35.1 Å². The highest BCUT2D eigenvalue weighted by molar-refractivity contribution is 5.23. The number of aromatic nitrogens is 3. The van der Waals surface area contributed by atoms with Crippen LogP contribution in [0.1, 0.15) is 50.1 Å². The molecule has 1 aliphatic rings. The highest BCUT2D eigenvalue weighted by Gasteiger charge is 2.35. The van der Waals surface area contributed by atoms with Gasteiger partial charge in [0, 0.05) is 25.6 Å². The molecule has 0 aliphatic carbocycles. The summed E-state index contributed by atoms with van der Waals surface area (Å²) in [4.78, 5) is 12.4. The van der Waals surface area contributed by atoms with Gasteiger partial charge in [-0.3, -0.25) is 4.57 Å². The summed E-state index contributed by atoms with van der Waals surface area (Å²) >= 11 is 0. The molecule has 2 heterocycles. The molecule has 118 valence electrons. The maximum absolute atomic E-state index is 12.4. The first-order chi connectivity index (χ1) is 10.8. The van der Waals surface area contributed by atoms with Crippen LogP contribution in [-0.2, 0) is 17.8 Å². The Hall–Kier alpha value is -1.88. The third kappa shape index (κ3) is 2.61. The van der Waals surface area contributed by atoms with Crippen LogP contribution in [0.2, 0.25) is 0 Å². The average Bonchev–Trinajstić information content (AvgIpc) is 3.14. The molecule has 2 atom stereocenters. The lowest BCUT2D eigenvalue weighted by Gasteiger charge is -2.18. The summed E-state index contributed by atoms with van der Waals surface area (Å²) in [6.45, 7) is 6.02. The first-order valence-electron chi connectivity index (χ1n) is 8.10. The lowest BCUT2D eigenvalue weighted by molar-refractivity contribution is 0.0933. The van der Waals surface area contributed by atoms with E-state index in [1.54, 1.807) is 9.25 Å². The standard InChI is InChI=1S/C17H23N3O2/c1-3-11-20-17(21)19(4-2)16(18-20)15-14(10-12-22-15)13-8-6-5-7-9-13/h5-9,14-15H,3-4,10-12H2,1-2H3/t14-,15-/m0/s1. The van der Waals surface area contributed by atoms with E-state index in [0.29, 0.717) is 19.7 Å². The lowest BCUT2D eigenvalue weighted by atomic mass is 9.92. The average molecular weight is 301 g/mol. The van der Waals surface area contributed by atoms with Gasteiger partial charge in [-0.2, -0.15) is 5.10 Å². The second kappa shape index (κ2) is 6.48. The molecule has 0 amide bonds. The van der Waals surface area contributed by atoms with E-state index in [1.807, 2.05) is 25.1 Å². The maximum atomic E-state index is 12.4. The Bertz CT molecular complexity index is 675. The fourth-order valence-electron chi connectivity index (χ4n) is 3.21. The fourth-order valence-corrected chi connectivity index (χ4v) is 3.21. The predicted octanol–water partition coefficient (Wildman–Crippen LogP) is 2.72. The number of rotatable bonds is 5. The van der Waals surface area contributed by atoms with Crippen molar-refractivity contribution < 1.29 is 4.74 Å². The van der Waals surface area contributed by atoms with Crippen LogP contribution >= 0.6 is 0 Å². The lowest BCUT2D eigenvalue weighted by Crippen LogP contribution is -2.25. The minimum absolute atomic E-state index is 0.0262. The molecule has 1 fully saturated rings. The highest BCUT2D eigenvalue weighted by Crippen LogP contribution is 2.40. The summed E-state index contributed by atoms with van der Waals surface area (Å²) in [5.74, 6) is 1.04. The van der Waals surface area contributed by atoms with Gasteiger partial charge in [0.2, 0.25) is 0 Å². The predicted molar refractivity (Wildman–Crippen MR) is 84.9 cm³/mol. The van der Waals surface area contributed by atoms with Gasteiger partial charge in [-0.05, 0) is 25.3 Å². The van der Waals surface area contributed by atoms with Gasteiger partial charge in [-0.1, -0.05) is 37.3 Å². The van der Waals surface area contributed by atoms with Crippen molar-refractivity contribution in [1.29, 1.82) is 0 Å². The Morgan fingerprint density at radius 1 is 1.27 bits per heavy atom. The molecule has 0 bridgehead atoms. The molecule has 1 aromatic heterocycles. The van der Waals surface area contributed by atoms with E-state index in [1.165, 1.54) is 5.56 Å². The molecule has 0 N–H and O–H groups in total. The quantitative estimate of drug-likeness (QED) is 0.853. The second-order valence-electron chi connectivity index (χ2n) is 5.71. The van der Waals surface area contributed by atoms with Gasteiger partial charge in [0.1, 0.15) is 6.10 Å². The van der Waals surface area contributed by atoms with Gasteiger partial charge >= 0.3 is 5.69 Å². The minimum atomic E-state index is -0.131. The number of hydrogen-bond acceptors (Lipinski definition) is 3. The van der Waals surface area contributed by atoms with Crippen molar-refractivity contribution in [3.05, 3.63) is 52.2 Å².